The molecule has 2 aromatic carbocycles. The molecule has 3 aromatic rings. The summed E-state index contributed by atoms with van der Waals surface area (Å²) in [7, 11) is 0. The van der Waals surface area contributed by atoms with Gasteiger partial charge < -0.3 is 14.6 Å². The van der Waals surface area contributed by atoms with Gasteiger partial charge >= 0.3 is 0 Å². The number of carbonyl (C=O) groups is 1. The first-order chi connectivity index (χ1) is 15.0. The number of carbonyl (C=O) groups excluding carboxylic acids is 1. The molecule has 164 valence electrons. The zero-order chi connectivity index (χ0) is 22.1. The standard InChI is InChI=1S/C24H30N4O2S/c1-4-19-10-12-21(13-11-19)30-16-22-26-27-24(28(22)15-18(2)3)31-17-23(29)25-14-20-8-6-5-7-9-20/h5-13,18H,4,14-17H2,1-3H3,(H,25,29). The largest absolute Gasteiger partial charge is 0.486 e. The summed E-state index contributed by atoms with van der Waals surface area (Å²) in [6.07, 6.45) is 1.00. The van der Waals surface area contributed by atoms with Gasteiger partial charge in [0.1, 0.15) is 12.4 Å². The molecule has 0 radical (unpaired) electrons. The van der Waals surface area contributed by atoms with Crippen LogP contribution in [0.25, 0.3) is 0 Å². The highest BCUT2D eigenvalue weighted by molar-refractivity contribution is 7.99. The van der Waals surface area contributed by atoms with Gasteiger partial charge in [0, 0.05) is 13.1 Å². The number of nitrogens with one attached hydrogen (secondary N) is 1. The van der Waals surface area contributed by atoms with Gasteiger partial charge in [0.05, 0.1) is 5.75 Å². The number of nitrogens with zero attached hydrogens (tertiary/aromatic N) is 3. The van der Waals surface area contributed by atoms with Crippen molar-refractivity contribution in [2.45, 2.75) is 52.0 Å². The van der Waals surface area contributed by atoms with Crippen LogP contribution in [0.2, 0.25) is 0 Å². The Labute approximate surface area is 188 Å². The van der Waals surface area contributed by atoms with Crippen LogP contribution >= 0.6 is 11.8 Å². The lowest BCUT2D eigenvalue weighted by atomic mass is 10.2. The van der Waals surface area contributed by atoms with Crippen molar-refractivity contribution in [1.29, 1.82) is 0 Å². The van der Waals surface area contributed by atoms with Crippen molar-refractivity contribution < 1.29 is 9.53 Å². The molecule has 0 spiro atoms. The third-order valence-electron chi connectivity index (χ3n) is 4.71. The summed E-state index contributed by atoms with van der Waals surface area (Å²) < 4.78 is 7.98. The first kappa shape index (κ1) is 22.9. The molecule has 6 nitrogen and oxygen atoms in total. The molecule has 3 rings (SSSR count). The lowest BCUT2D eigenvalue weighted by Crippen LogP contribution is -2.24. The first-order valence-corrected chi connectivity index (χ1v) is 11.6. The highest BCUT2D eigenvalue weighted by Gasteiger charge is 2.16. The van der Waals surface area contributed by atoms with Gasteiger partial charge in [0.25, 0.3) is 0 Å². The number of hydrogen-bond acceptors (Lipinski definition) is 5. The number of benzene rings is 2. The molecule has 0 aliphatic carbocycles. The zero-order valence-electron chi connectivity index (χ0n) is 18.4. The van der Waals surface area contributed by atoms with E-state index in [1.807, 2.05) is 42.5 Å². The van der Waals surface area contributed by atoms with E-state index in [9.17, 15) is 4.79 Å². The minimum atomic E-state index is -0.0261. The Bertz CT molecular complexity index is 955. The van der Waals surface area contributed by atoms with Gasteiger partial charge in [0.15, 0.2) is 11.0 Å². The third-order valence-corrected chi connectivity index (χ3v) is 5.67. The Morgan fingerprint density at radius 1 is 1.06 bits per heavy atom. The van der Waals surface area contributed by atoms with Crippen molar-refractivity contribution in [3.8, 4) is 5.75 Å². The maximum Gasteiger partial charge on any atom is 0.230 e. The maximum absolute atomic E-state index is 12.3. The summed E-state index contributed by atoms with van der Waals surface area (Å²) in [5, 5.41) is 12.3. The first-order valence-electron chi connectivity index (χ1n) is 10.6. The van der Waals surface area contributed by atoms with Gasteiger partial charge in [-0.3, -0.25) is 4.79 Å². The monoisotopic (exact) mass is 438 g/mol. The normalized spacial score (nSPS) is 11.0. The molecular weight excluding hydrogens is 408 g/mol. The second-order valence-electron chi connectivity index (χ2n) is 7.74. The molecule has 1 amide bonds. The number of thioether (sulfide) groups is 1. The van der Waals surface area contributed by atoms with E-state index in [-0.39, 0.29) is 5.91 Å². The van der Waals surface area contributed by atoms with Crippen molar-refractivity contribution in [1.82, 2.24) is 20.1 Å². The Kier molecular flexibility index (Phi) is 8.53. The van der Waals surface area contributed by atoms with E-state index in [0.717, 1.165) is 35.3 Å². The van der Waals surface area contributed by atoms with Gasteiger partial charge in [-0.2, -0.15) is 0 Å². The van der Waals surface area contributed by atoms with Crippen molar-refractivity contribution in [3.63, 3.8) is 0 Å². The summed E-state index contributed by atoms with van der Waals surface area (Å²) in [5.74, 6) is 2.26. The molecule has 0 bridgehead atoms. The van der Waals surface area contributed by atoms with Gasteiger partial charge in [-0.05, 0) is 35.6 Å². The summed E-state index contributed by atoms with van der Waals surface area (Å²) in [6, 6.07) is 18.0. The SMILES string of the molecule is CCc1ccc(OCc2nnc(SCC(=O)NCc3ccccc3)n2CC(C)C)cc1. The quantitative estimate of drug-likeness (QED) is 0.447. The van der Waals surface area contributed by atoms with Crippen LogP contribution in [0.4, 0.5) is 0 Å². The van der Waals surface area contributed by atoms with Crippen molar-refractivity contribution >= 4 is 17.7 Å². The Morgan fingerprint density at radius 2 is 1.81 bits per heavy atom. The van der Waals surface area contributed by atoms with Gasteiger partial charge in [-0.25, -0.2) is 0 Å². The molecule has 31 heavy (non-hydrogen) atoms. The fourth-order valence-electron chi connectivity index (χ4n) is 3.03. The smallest absolute Gasteiger partial charge is 0.230 e. The van der Waals surface area contributed by atoms with Crippen LogP contribution in [0, 0.1) is 5.92 Å². The van der Waals surface area contributed by atoms with Crippen molar-refractivity contribution in [3.05, 3.63) is 71.5 Å². The molecule has 0 aliphatic rings. The molecular formula is C24H30N4O2S. The van der Waals surface area contributed by atoms with Crippen LogP contribution in [0.5, 0.6) is 5.75 Å². The van der Waals surface area contributed by atoms with E-state index >= 15 is 0 Å². The fraction of sp³-hybridized carbons (Fsp3) is 0.375. The summed E-state index contributed by atoms with van der Waals surface area (Å²) in [5.41, 5.74) is 2.36. The van der Waals surface area contributed by atoms with Crippen LogP contribution in [-0.4, -0.2) is 26.4 Å². The lowest BCUT2D eigenvalue weighted by molar-refractivity contribution is -0.118. The number of aromatic nitrogens is 3. The Morgan fingerprint density at radius 3 is 2.48 bits per heavy atom. The number of aryl methyl sites for hydroxylation is 1. The molecule has 1 aromatic heterocycles. The number of rotatable bonds is 11. The summed E-state index contributed by atoms with van der Waals surface area (Å²) in [6.45, 7) is 8.06. The van der Waals surface area contributed by atoms with E-state index in [1.165, 1.54) is 17.3 Å². The number of amides is 1. The molecule has 0 saturated heterocycles. The second-order valence-corrected chi connectivity index (χ2v) is 8.68. The fourth-order valence-corrected chi connectivity index (χ4v) is 3.82. The van der Waals surface area contributed by atoms with E-state index in [2.05, 4.69) is 53.0 Å². The number of ether oxygens (including phenoxy) is 1. The summed E-state index contributed by atoms with van der Waals surface area (Å²) >= 11 is 1.40. The predicted molar refractivity (Wildman–Crippen MR) is 124 cm³/mol. The average Bonchev–Trinajstić information content (AvgIpc) is 3.16. The van der Waals surface area contributed by atoms with E-state index < -0.39 is 0 Å². The van der Waals surface area contributed by atoms with Crippen LogP contribution < -0.4 is 10.1 Å². The van der Waals surface area contributed by atoms with Gasteiger partial charge in [-0.1, -0.05) is 75.0 Å². The Hall–Kier alpha value is -2.80. The van der Waals surface area contributed by atoms with Crippen LogP contribution in [0.3, 0.4) is 0 Å². The van der Waals surface area contributed by atoms with E-state index in [0.29, 0.717) is 24.8 Å². The second kappa shape index (κ2) is 11.6. The molecule has 0 saturated carbocycles. The minimum absolute atomic E-state index is 0.0261. The predicted octanol–water partition coefficient (Wildman–Crippen LogP) is 4.48. The van der Waals surface area contributed by atoms with Crippen molar-refractivity contribution in [2.75, 3.05) is 5.75 Å². The van der Waals surface area contributed by atoms with E-state index in [4.69, 9.17) is 4.74 Å². The minimum Gasteiger partial charge on any atom is -0.486 e. The highest BCUT2D eigenvalue weighted by Crippen LogP contribution is 2.20. The zero-order valence-corrected chi connectivity index (χ0v) is 19.2. The average molecular weight is 439 g/mol. The lowest BCUT2D eigenvalue weighted by Gasteiger charge is -2.13. The molecule has 1 N–H and O–H groups in total. The maximum atomic E-state index is 12.3. The Balaban J connectivity index is 1.57. The molecule has 0 fully saturated rings. The molecule has 0 atom stereocenters. The van der Waals surface area contributed by atoms with Crippen LogP contribution in [-0.2, 0) is 30.9 Å². The molecule has 0 unspecified atom stereocenters. The molecule has 0 aliphatic heterocycles. The molecule has 7 heteroatoms. The van der Waals surface area contributed by atoms with Crippen LogP contribution in [0.15, 0.2) is 59.8 Å². The van der Waals surface area contributed by atoms with Crippen LogP contribution in [0.1, 0.15) is 37.7 Å². The van der Waals surface area contributed by atoms with Gasteiger partial charge in [-0.15, -0.1) is 10.2 Å². The number of hydrogen-bond donors (Lipinski definition) is 1. The topological polar surface area (TPSA) is 69.0 Å². The molecule has 1 heterocycles. The third kappa shape index (κ3) is 7.14. The van der Waals surface area contributed by atoms with E-state index in [1.54, 1.807) is 0 Å². The van der Waals surface area contributed by atoms with Crippen molar-refractivity contribution in [2.24, 2.45) is 5.92 Å². The highest BCUT2D eigenvalue weighted by atomic mass is 32.2. The van der Waals surface area contributed by atoms with Gasteiger partial charge in [0.2, 0.25) is 5.91 Å². The summed E-state index contributed by atoms with van der Waals surface area (Å²) in [4.78, 5) is 12.3.